The molecule has 0 amide bonds. The lowest BCUT2D eigenvalue weighted by Crippen LogP contribution is -2.00. The van der Waals surface area contributed by atoms with Gasteiger partial charge in [-0.25, -0.2) is 0 Å². The average Bonchev–Trinajstić information content (AvgIpc) is 2.55. The largest absolute Gasteiger partial charge is 0.486 e. The van der Waals surface area contributed by atoms with E-state index in [4.69, 9.17) is 4.74 Å². The third-order valence-corrected chi connectivity index (χ3v) is 3.40. The van der Waals surface area contributed by atoms with Crippen molar-refractivity contribution in [2.24, 2.45) is 0 Å². The molecule has 21 heavy (non-hydrogen) atoms. The van der Waals surface area contributed by atoms with Crippen LogP contribution >= 0.6 is 0 Å². The van der Waals surface area contributed by atoms with Crippen LogP contribution in [0.15, 0.2) is 73.4 Å². The van der Waals surface area contributed by atoms with Crippen molar-refractivity contribution in [3.05, 3.63) is 84.6 Å². The minimum atomic E-state index is 0.542. The predicted molar refractivity (Wildman–Crippen MR) is 86.4 cm³/mol. The molecule has 2 nitrogen and oxygen atoms in total. The quantitative estimate of drug-likeness (QED) is 0.638. The second-order valence-corrected chi connectivity index (χ2v) is 4.90. The number of fused-ring (bicyclic) bond motifs is 1. The predicted octanol–water partition coefficient (Wildman–Crippen LogP) is 4.54. The Kier molecular flexibility index (Phi) is 3.97. The number of rotatable bonds is 5. The summed E-state index contributed by atoms with van der Waals surface area (Å²) in [5.74, 6) is 0.858. The molecule has 1 aromatic heterocycles. The maximum atomic E-state index is 6.08. The fourth-order valence-electron chi connectivity index (χ4n) is 2.37. The lowest BCUT2D eigenvalue weighted by Gasteiger charge is -2.13. The van der Waals surface area contributed by atoms with Crippen LogP contribution in [-0.2, 0) is 13.0 Å². The fraction of sp³-hybridized carbons (Fsp3) is 0.105. The molecule has 104 valence electrons. The zero-order chi connectivity index (χ0) is 14.5. The van der Waals surface area contributed by atoms with Crippen LogP contribution in [0.5, 0.6) is 5.75 Å². The molecular weight excluding hydrogens is 258 g/mol. The van der Waals surface area contributed by atoms with E-state index >= 15 is 0 Å². The number of ether oxygens (including phenoxy) is 1. The molecule has 0 aliphatic rings. The molecule has 3 aromatic rings. The summed E-state index contributed by atoms with van der Waals surface area (Å²) in [4.78, 5) is 4.48. The van der Waals surface area contributed by atoms with Crippen molar-refractivity contribution in [3.8, 4) is 5.75 Å². The standard InChI is InChI=1S/C19H17NO/c1-2-7-17-12-11-16-10-6-13-20-18(16)19(17)21-14-15-8-4-3-5-9-15/h2-6,8-13H,1,7,14H2. The van der Waals surface area contributed by atoms with Crippen molar-refractivity contribution in [1.82, 2.24) is 4.98 Å². The summed E-state index contributed by atoms with van der Waals surface area (Å²) in [6.45, 7) is 4.36. The minimum Gasteiger partial charge on any atom is -0.486 e. The van der Waals surface area contributed by atoms with E-state index in [0.29, 0.717) is 6.61 Å². The zero-order valence-electron chi connectivity index (χ0n) is 11.8. The van der Waals surface area contributed by atoms with Crippen molar-refractivity contribution < 1.29 is 4.74 Å². The van der Waals surface area contributed by atoms with Gasteiger partial charge in [0.2, 0.25) is 0 Å². The number of pyridine rings is 1. The molecule has 0 bridgehead atoms. The van der Waals surface area contributed by atoms with Gasteiger partial charge in [0.15, 0.2) is 0 Å². The summed E-state index contributed by atoms with van der Waals surface area (Å²) >= 11 is 0. The van der Waals surface area contributed by atoms with Crippen LogP contribution in [0.2, 0.25) is 0 Å². The van der Waals surface area contributed by atoms with Crippen molar-refractivity contribution in [2.75, 3.05) is 0 Å². The monoisotopic (exact) mass is 275 g/mol. The van der Waals surface area contributed by atoms with E-state index in [2.05, 4.69) is 41.9 Å². The first-order valence-electron chi connectivity index (χ1n) is 7.02. The van der Waals surface area contributed by atoms with E-state index < -0.39 is 0 Å². The van der Waals surface area contributed by atoms with Crippen LogP contribution in [0.1, 0.15) is 11.1 Å². The number of hydrogen-bond acceptors (Lipinski definition) is 2. The SMILES string of the molecule is C=CCc1ccc2cccnc2c1OCc1ccccc1. The van der Waals surface area contributed by atoms with E-state index in [0.717, 1.165) is 34.2 Å². The third kappa shape index (κ3) is 2.95. The van der Waals surface area contributed by atoms with Gasteiger partial charge in [-0.05, 0) is 18.1 Å². The molecule has 2 aromatic carbocycles. The second-order valence-electron chi connectivity index (χ2n) is 4.90. The molecule has 0 saturated heterocycles. The zero-order valence-corrected chi connectivity index (χ0v) is 11.8. The number of benzene rings is 2. The van der Waals surface area contributed by atoms with Gasteiger partial charge in [-0.2, -0.15) is 0 Å². The molecule has 0 fully saturated rings. The number of aromatic nitrogens is 1. The molecule has 2 heteroatoms. The molecule has 0 N–H and O–H groups in total. The first kappa shape index (κ1) is 13.4. The topological polar surface area (TPSA) is 22.1 Å². The Balaban J connectivity index is 1.98. The van der Waals surface area contributed by atoms with Crippen LogP contribution in [0.3, 0.4) is 0 Å². The fourth-order valence-corrected chi connectivity index (χ4v) is 2.37. The van der Waals surface area contributed by atoms with Crippen LogP contribution in [-0.4, -0.2) is 4.98 Å². The van der Waals surface area contributed by atoms with Crippen LogP contribution in [0.25, 0.3) is 10.9 Å². The Labute approximate surface area is 124 Å². The minimum absolute atomic E-state index is 0.542. The Bertz CT molecular complexity index is 750. The Morgan fingerprint density at radius 2 is 1.86 bits per heavy atom. The first-order valence-corrected chi connectivity index (χ1v) is 7.02. The van der Waals surface area contributed by atoms with Gasteiger partial charge >= 0.3 is 0 Å². The average molecular weight is 275 g/mol. The Hall–Kier alpha value is -2.61. The summed E-state index contributed by atoms with van der Waals surface area (Å²) < 4.78 is 6.08. The Morgan fingerprint density at radius 1 is 1.00 bits per heavy atom. The molecule has 0 atom stereocenters. The van der Waals surface area contributed by atoms with Crippen LogP contribution in [0, 0.1) is 0 Å². The van der Waals surface area contributed by atoms with Crippen molar-refractivity contribution in [1.29, 1.82) is 0 Å². The maximum Gasteiger partial charge on any atom is 0.149 e. The molecule has 0 radical (unpaired) electrons. The van der Waals surface area contributed by atoms with Gasteiger partial charge in [0.1, 0.15) is 17.9 Å². The molecule has 0 spiro atoms. The number of hydrogen-bond donors (Lipinski definition) is 0. The van der Waals surface area contributed by atoms with E-state index in [1.54, 1.807) is 6.20 Å². The van der Waals surface area contributed by atoms with E-state index in [1.165, 1.54) is 0 Å². The molecule has 0 aliphatic carbocycles. The summed E-state index contributed by atoms with van der Waals surface area (Å²) in [5.41, 5.74) is 3.18. The van der Waals surface area contributed by atoms with Gasteiger partial charge < -0.3 is 4.74 Å². The van der Waals surface area contributed by atoms with Gasteiger partial charge in [0.25, 0.3) is 0 Å². The molecule has 0 saturated carbocycles. The molecule has 1 heterocycles. The second kappa shape index (κ2) is 6.23. The lowest BCUT2D eigenvalue weighted by atomic mass is 10.1. The van der Waals surface area contributed by atoms with Gasteiger partial charge in [0, 0.05) is 17.1 Å². The highest BCUT2D eigenvalue weighted by molar-refractivity contribution is 5.85. The van der Waals surface area contributed by atoms with E-state index in [-0.39, 0.29) is 0 Å². The highest BCUT2D eigenvalue weighted by Gasteiger charge is 2.09. The van der Waals surface area contributed by atoms with Gasteiger partial charge in [-0.1, -0.05) is 54.6 Å². The normalized spacial score (nSPS) is 10.5. The Morgan fingerprint density at radius 3 is 2.67 bits per heavy atom. The highest BCUT2D eigenvalue weighted by Crippen LogP contribution is 2.29. The van der Waals surface area contributed by atoms with Crippen molar-refractivity contribution in [2.45, 2.75) is 13.0 Å². The lowest BCUT2D eigenvalue weighted by molar-refractivity contribution is 0.307. The van der Waals surface area contributed by atoms with Crippen LogP contribution in [0.4, 0.5) is 0 Å². The van der Waals surface area contributed by atoms with Crippen molar-refractivity contribution in [3.63, 3.8) is 0 Å². The van der Waals surface area contributed by atoms with Crippen LogP contribution < -0.4 is 4.74 Å². The van der Waals surface area contributed by atoms with Crippen molar-refractivity contribution >= 4 is 10.9 Å². The maximum absolute atomic E-state index is 6.08. The first-order chi connectivity index (χ1) is 10.4. The smallest absolute Gasteiger partial charge is 0.149 e. The summed E-state index contributed by atoms with van der Waals surface area (Å²) in [5, 5.41) is 1.09. The van der Waals surface area contributed by atoms with Gasteiger partial charge in [-0.15, -0.1) is 6.58 Å². The summed E-state index contributed by atoms with van der Waals surface area (Å²) in [6, 6.07) is 18.3. The number of nitrogens with zero attached hydrogens (tertiary/aromatic N) is 1. The molecule has 0 unspecified atom stereocenters. The van der Waals surface area contributed by atoms with Gasteiger partial charge in [-0.3, -0.25) is 4.98 Å². The molecule has 0 aliphatic heterocycles. The number of allylic oxidation sites excluding steroid dienone is 1. The van der Waals surface area contributed by atoms with Gasteiger partial charge in [0.05, 0.1) is 0 Å². The summed E-state index contributed by atoms with van der Waals surface area (Å²) in [6.07, 6.45) is 4.46. The summed E-state index contributed by atoms with van der Waals surface area (Å²) in [7, 11) is 0. The van der Waals surface area contributed by atoms with E-state index in [9.17, 15) is 0 Å². The highest BCUT2D eigenvalue weighted by atomic mass is 16.5. The third-order valence-electron chi connectivity index (χ3n) is 3.40. The van der Waals surface area contributed by atoms with E-state index in [1.807, 2.05) is 30.3 Å². The molecule has 3 rings (SSSR count). The molecular formula is C19H17NO.